The van der Waals surface area contributed by atoms with Gasteiger partial charge in [-0.05, 0) is 50.1 Å². The molecular formula is C25H35FN4O4S. The van der Waals surface area contributed by atoms with Crippen LogP contribution in [0.5, 0.6) is 0 Å². The predicted molar refractivity (Wildman–Crippen MR) is 135 cm³/mol. The van der Waals surface area contributed by atoms with E-state index in [0.717, 1.165) is 44.7 Å². The van der Waals surface area contributed by atoms with E-state index in [9.17, 15) is 22.4 Å². The molecule has 0 bridgehead atoms. The Labute approximate surface area is 207 Å². The summed E-state index contributed by atoms with van der Waals surface area (Å²) in [6.45, 7) is 5.64. The van der Waals surface area contributed by atoms with Gasteiger partial charge in [-0.3, -0.25) is 9.59 Å². The molecular weight excluding hydrogens is 471 g/mol. The maximum Gasteiger partial charge on any atom is 0.304 e. The van der Waals surface area contributed by atoms with Crippen LogP contribution in [0.15, 0.2) is 48.5 Å². The van der Waals surface area contributed by atoms with Crippen molar-refractivity contribution in [2.45, 2.75) is 46.2 Å². The van der Waals surface area contributed by atoms with Crippen molar-refractivity contribution < 1.29 is 22.4 Å². The summed E-state index contributed by atoms with van der Waals surface area (Å²) < 4.78 is 41.5. The zero-order valence-corrected chi connectivity index (χ0v) is 21.8. The minimum absolute atomic E-state index is 0.126. The van der Waals surface area contributed by atoms with Crippen molar-refractivity contribution in [3.05, 3.63) is 65.5 Å². The summed E-state index contributed by atoms with van der Waals surface area (Å²) in [4.78, 5) is 27.7. The Bertz CT molecular complexity index is 1090. The highest BCUT2D eigenvalue weighted by Crippen LogP contribution is 2.21. The minimum Gasteiger partial charge on any atom is -0.354 e. The summed E-state index contributed by atoms with van der Waals surface area (Å²) in [5, 5.41) is 2.84. The average molecular weight is 507 g/mol. The number of unbranched alkanes of at least 4 members (excludes halogenated alkanes) is 1. The van der Waals surface area contributed by atoms with Crippen molar-refractivity contribution in [1.82, 2.24) is 14.5 Å². The second-order valence-electron chi connectivity index (χ2n) is 8.60. The van der Waals surface area contributed by atoms with Gasteiger partial charge in [0, 0.05) is 27.2 Å². The van der Waals surface area contributed by atoms with Gasteiger partial charge in [0.15, 0.2) is 0 Å². The zero-order chi connectivity index (χ0) is 26.2. The van der Waals surface area contributed by atoms with Crippen molar-refractivity contribution in [2.75, 3.05) is 31.5 Å². The molecule has 0 aromatic heterocycles. The van der Waals surface area contributed by atoms with E-state index in [0.29, 0.717) is 6.54 Å². The SMILES string of the molecule is CCCCNC(=O)C(C)N(Cc1ccc(C)cc1)C(=O)CN(c1ccc(F)cc1)S(=O)(=O)N(C)C. The summed E-state index contributed by atoms with van der Waals surface area (Å²) in [5.41, 5.74) is 2.00. The number of carbonyl (C=O) groups excluding carboxylic acids is 2. The molecule has 2 aromatic carbocycles. The number of carbonyl (C=O) groups is 2. The molecule has 0 aliphatic rings. The molecule has 10 heteroatoms. The zero-order valence-electron chi connectivity index (χ0n) is 21.0. The van der Waals surface area contributed by atoms with Gasteiger partial charge in [0.2, 0.25) is 11.8 Å². The Hall–Kier alpha value is -2.98. The molecule has 0 radical (unpaired) electrons. The quantitative estimate of drug-likeness (QED) is 0.448. The number of amides is 2. The van der Waals surface area contributed by atoms with Crippen LogP contribution in [-0.4, -0.2) is 62.7 Å². The van der Waals surface area contributed by atoms with Crippen LogP contribution < -0.4 is 9.62 Å². The second-order valence-corrected chi connectivity index (χ2v) is 10.7. The number of nitrogens with one attached hydrogen (secondary N) is 1. The van der Waals surface area contributed by atoms with Gasteiger partial charge in [0.05, 0.1) is 5.69 Å². The molecule has 0 fully saturated rings. The van der Waals surface area contributed by atoms with Crippen LogP contribution in [0.4, 0.5) is 10.1 Å². The standard InChI is InChI=1S/C25H35FN4O4S/c1-6-7-16-27-25(32)20(3)29(17-21-10-8-19(2)9-11-21)24(31)18-30(35(33,34)28(4)5)23-14-12-22(26)13-15-23/h8-15,20H,6-7,16-18H2,1-5H3,(H,27,32). The van der Waals surface area contributed by atoms with Gasteiger partial charge in [-0.2, -0.15) is 12.7 Å². The van der Waals surface area contributed by atoms with Gasteiger partial charge < -0.3 is 10.2 Å². The maximum absolute atomic E-state index is 13.6. The Morgan fingerprint density at radius 1 is 1.03 bits per heavy atom. The van der Waals surface area contributed by atoms with Crippen molar-refractivity contribution in [1.29, 1.82) is 0 Å². The highest BCUT2D eigenvalue weighted by molar-refractivity contribution is 7.90. The van der Waals surface area contributed by atoms with Crippen LogP contribution in [0.25, 0.3) is 0 Å². The molecule has 2 rings (SSSR count). The molecule has 1 N–H and O–H groups in total. The van der Waals surface area contributed by atoms with E-state index < -0.39 is 34.5 Å². The van der Waals surface area contributed by atoms with E-state index in [1.807, 2.05) is 38.1 Å². The molecule has 1 unspecified atom stereocenters. The van der Waals surface area contributed by atoms with Crippen molar-refractivity contribution in [2.24, 2.45) is 0 Å². The second kappa shape index (κ2) is 12.6. The predicted octanol–water partition coefficient (Wildman–Crippen LogP) is 3.08. The van der Waals surface area contributed by atoms with E-state index in [1.54, 1.807) is 6.92 Å². The highest BCUT2D eigenvalue weighted by atomic mass is 32.2. The fourth-order valence-electron chi connectivity index (χ4n) is 3.33. The van der Waals surface area contributed by atoms with Gasteiger partial charge in [-0.1, -0.05) is 43.2 Å². The molecule has 0 saturated carbocycles. The van der Waals surface area contributed by atoms with E-state index in [1.165, 1.54) is 31.1 Å². The fourth-order valence-corrected chi connectivity index (χ4v) is 4.39. The molecule has 2 aromatic rings. The number of benzene rings is 2. The largest absolute Gasteiger partial charge is 0.354 e. The molecule has 8 nitrogen and oxygen atoms in total. The molecule has 2 amide bonds. The normalized spacial score (nSPS) is 12.3. The molecule has 1 atom stereocenters. The Kier molecular flexibility index (Phi) is 10.2. The third-order valence-electron chi connectivity index (χ3n) is 5.60. The van der Waals surface area contributed by atoms with Crippen LogP contribution in [0.3, 0.4) is 0 Å². The van der Waals surface area contributed by atoms with Gasteiger partial charge in [-0.25, -0.2) is 8.70 Å². The number of hydrogen-bond donors (Lipinski definition) is 1. The minimum atomic E-state index is -4.08. The van der Waals surface area contributed by atoms with Gasteiger partial charge in [0.25, 0.3) is 0 Å². The average Bonchev–Trinajstić information content (AvgIpc) is 2.82. The van der Waals surface area contributed by atoms with Crippen LogP contribution in [-0.2, 0) is 26.3 Å². The van der Waals surface area contributed by atoms with Crippen molar-refractivity contribution in [3.63, 3.8) is 0 Å². The Balaban J connectivity index is 2.39. The fraction of sp³-hybridized carbons (Fsp3) is 0.440. The molecule has 192 valence electrons. The molecule has 0 spiro atoms. The monoisotopic (exact) mass is 506 g/mol. The molecule has 0 heterocycles. The topological polar surface area (TPSA) is 90.0 Å². The Morgan fingerprint density at radius 3 is 2.17 bits per heavy atom. The van der Waals surface area contributed by atoms with Gasteiger partial charge in [0.1, 0.15) is 18.4 Å². The lowest BCUT2D eigenvalue weighted by Crippen LogP contribution is -2.52. The van der Waals surface area contributed by atoms with Crippen molar-refractivity contribution >= 4 is 27.7 Å². The van der Waals surface area contributed by atoms with Crippen LogP contribution in [0, 0.1) is 12.7 Å². The third kappa shape index (κ3) is 7.76. The van der Waals surface area contributed by atoms with Crippen LogP contribution in [0.1, 0.15) is 37.8 Å². The number of hydrogen-bond acceptors (Lipinski definition) is 4. The van der Waals surface area contributed by atoms with E-state index in [4.69, 9.17) is 0 Å². The summed E-state index contributed by atoms with van der Waals surface area (Å²) in [6.07, 6.45) is 1.72. The molecule has 0 saturated heterocycles. The lowest BCUT2D eigenvalue weighted by molar-refractivity contribution is -0.139. The maximum atomic E-state index is 13.6. The van der Waals surface area contributed by atoms with E-state index >= 15 is 0 Å². The molecule has 0 aliphatic carbocycles. The van der Waals surface area contributed by atoms with Crippen LogP contribution >= 0.6 is 0 Å². The van der Waals surface area contributed by atoms with E-state index in [-0.39, 0.29) is 18.1 Å². The Morgan fingerprint density at radius 2 is 1.63 bits per heavy atom. The lowest BCUT2D eigenvalue weighted by Gasteiger charge is -2.32. The highest BCUT2D eigenvalue weighted by Gasteiger charge is 2.32. The summed E-state index contributed by atoms with van der Waals surface area (Å²) in [5.74, 6) is -1.40. The van der Waals surface area contributed by atoms with Crippen molar-refractivity contribution in [3.8, 4) is 0 Å². The number of halogens is 1. The summed E-state index contributed by atoms with van der Waals surface area (Å²) >= 11 is 0. The lowest BCUT2D eigenvalue weighted by atomic mass is 10.1. The van der Waals surface area contributed by atoms with Crippen LogP contribution in [0.2, 0.25) is 0 Å². The first-order valence-corrected chi connectivity index (χ1v) is 13.0. The molecule has 35 heavy (non-hydrogen) atoms. The number of rotatable bonds is 12. The summed E-state index contributed by atoms with van der Waals surface area (Å²) in [6, 6.07) is 11.6. The first-order valence-electron chi connectivity index (χ1n) is 11.6. The third-order valence-corrected chi connectivity index (χ3v) is 7.42. The first kappa shape index (κ1) is 28.3. The number of nitrogens with zero attached hydrogens (tertiary/aromatic N) is 3. The molecule has 0 aliphatic heterocycles. The smallest absolute Gasteiger partial charge is 0.304 e. The van der Waals surface area contributed by atoms with E-state index in [2.05, 4.69) is 5.32 Å². The summed E-state index contributed by atoms with van der Waals surface area (Å²) in [7, 11) is -1.38. The first-order chi connectivity index (χ1) is 16.5. The van der Waals surface area contributed by atoms with Gasteiger partial charge >= 0.3 is 10.2 Å². The number of anilines is 1. The van der Waals surface area contributed by atoms with Gasteiger partial charge in [-0.15, -0.1) is 0 Å². The number of aryl methyl sites for hydroxylation is 1.